The predicted molar refractivity (Wildman–Crippen MR) is 80.3 cm³/mol. The van der Waals surface area contributed by atoms with E-state index in [1.165, 1.54) is 12.1 Å². The van der Waals surface area contributed by atoms with Crippen LogP contribution in [0.15, 0.2) is 32.2 Å². The molecule has 118 valence electrons. The molecule has 3 rings (SSSR count). The maximum Gasteiger partial charge on any atom is 0.351 e. The highest BCUT2D eigenvalue weighted by Crippen LogP contribution is 2.35. The summed E-state index contributed by atoms with van der Waals surface area (Å²) in [6.45, 7) is -0.0588. The number of aromatic nitrogens is 2. The van der Waals surface area contributed by atoms with Gasteiger partial charge < -0.3 is 14.3 Å². The zero-order chi connectivity index (χ0) is 16.6. The molecule has 0 saturated carbocycles. The summed E-state index contributed by atoms with van der Waals surface area (Å²) >= 11 is 6.18. The zero-order valence-corrected chi connectivity index (χ0v) is 12.2. The number of nitrogens with one attached hydrogen (secondary N) is 1. The fraction of sp³-hybridized carbons (Fsp3) is 0.143. The molecule has 1 aromatic carbocycles. The van der Waals surface area contributed by atoms with E-state index in [-0.39, 0.29) is 40.8 Å². The highest BCUT2D eigenvalue weighted by molar-refractivity contribution is 6.36. The Labute approximate surface area is 132 Å². The van der Waals surface area contributed by atoms with E-state index in [1.807, 2.05) is 4.98 Å². The van der Waals surface area contributed by atoms with E-state index in [4.69, 9.17) is 25.9 Å². The van der Waals surface area contributed by atoms with E-state index in [0.29, 0.717) is 5.39 Å². The molecule has 0 amide bonds. The summed E-state index contributed by atoms with van der Waals surface area (Å²) in [5, 5.41) is 9.22. The number of aromatic amines is 1. The average molecular weight is 337 g/mol. The Morgan fingerprint density at radius 1 is 1.39 bits per heavy atom. The Morgan fingerprint density at radius 3 is 2.91 bits per heavy atom. The molecular weight excluding hydrogens is 328 g/mol. The lowest BCUT2D eigenvalue weighted by Gasteiger charge is -2.10. The molecule has 0 atom stereocenters. The molecule has 8 nitrogen and oxygen atoms in total. The summed E-state index contributed by atoms with van der Waals surface area (Å²) in [5.74, 6) is -0.907. The van der Waals surface area contributed by atoms with Crippen LogP contribution in [-0.2, 0) is 4.79 Å². The largest absolute Gasteiger partial charge is 0.491 e. The highest BCUT2D eigenvalue weighted by atomic mass is 35.5. The highest BCUT2D eigenvalue weighted by Gasteiger charge is 2.17. The molecule has 2 aliphatic rings. The van der Waals surface area contributed by atoms with Gasteiger partial charge in [-0.1, -0.05) is 11.6 Å². The van der Waals surface area contributed by atoms with Gasteiger partial charge in [0.15, 0.2) is 5.58 Å². The van der Waals surface area contributed by atoms with Crippen LogP contribution >= 0.6 is 11.6 Å². The molecule has 0 aromatic heterocycles. The molecule has 0 aliphatic carbocycles. The van der Waals surface area contributed by atoms with Crippen molar-refractivity contribution in [2.45, 2.75) is 6.42 Å². The molecule has 23 heavy (non-hydrogen) atoms. The van der Waals surface area contributed by atoms with Gasteiger partial charge in [-0.3, -0.25) is 14.6 Å². The quantitative estimate of drug-likeness (QED) is 0.692. The zero-order valence-electron chi connectivity index (χ0n) is 11.5. The van der Waals surface area contributed by atoms with Crippen LogP contribution in [0.1, 0.15) is 6.42 Å². The molecule has 9 heteroatoms. The van der Waals surface area contributed by atoms with Crippen LogP contribution in [0.25, 0.3) is 22.4 Å². The van der Waals surface area contributed by atoms with Crippen molar-refractivity contribution in [1.29, 1.82) is 0 Å². The van der Waals surface area contributed by atoms with Crippen molar-refractivity contribution in [3.8, 4) is 17.2 Å². The summed E-state index contributed by atoms with van der Waals surface area (Å²) in [6, 6.07) is 4.63. The summed E-state index contributed by atoms with van der Waals surface area (Å²) in [6.07, 6.45) is -0.181. The third-order valence-corrected chi connectivity index (χ3v) is 3.42. The molecule has 0 bridgehead atoms. The number of ether oxygens (including phenoxy) is 1. The number of carbonyl (C=O) groups is 1. The summed E-state index contributed by atoms with van der Waals surface area (Å²) in [7, 11) is 0. The molecule has 0 saturated heterocycles. The molecule has 1 aromatic rings. The lowest BCUT2D eigenvalue weighted by molar-refractivity contribution is -0.137. The van der Waals surface area contributed by atoms with E-state index in [9.17, 15) is 14.4 Å². The molecule has 2 aliphatic heterocycles. The van der Waals surface area contributed by atoms with Gasteiger partial charge in [0.2, 0.25) is 5.89 Å². The van der Waals surface area contributed by atoms with Gasteiger partial charge in [0, 0.05) is 5.39 Å². The van der Waals surface area contributed by atoms with Crippen LogP contribution in [0.2, 0.25) is 5.02 Å². The number of halogens is 1. The Hall–Kier alpha value is -2.87. The maximum absolute atomic E-state index is 11.7. The number of carboxylic acid groups (broad SMARTS) is 1. The number of hydrogen-bond donors (Lipinski definition) is 2. The molecule has 0 fully saturated rings. The topological polar surface area (TPSA) is 122 Å². The van der Waals surface area contributed by atoms with Crippen molar-refractivity contribution in [1.82, 2.24) is 9.97 Å². The summed E-state index contributed by atoms with van der Waals surface area (Å²) in [5.41, 5.74) is -1.13. The Bertz CT molecular complexity index is 993. The number of carboxylic acids is 1. The minimum atomic E-state index is -0.996. The van der Waals surface area contributed by atoms with Gasteiger partial charge in [-0.2, -0.15) is 4.98 Å². The molecule has 2 N–H and O–H groups in total. The summed E-state index contributed by atoms with van der Waals surface area (Å²) < 4.78 is 10.7. The Kier molecular flexibility index (Phi) is 3.75. The van der Waals surface area contributed by atoms with Crippen LogP contribution in [0, 0.1) is 0 Å². The second-order valence-corrected chi connectivity index (χ2v) is 5.00. The average Bonchev–Trinajstić information content (AvgIpc) is 2.48. The lowest BCUT2D eigenvalue weighted by Crippen LogP contribution is -2.24. The molecule has 0 unspecified atom stereocenters. The number of rotatable bonds is 4. The first-order valence-corrected chi connectivity index (χ1v) is 6.84. The third-order valence-electron chi connectivity index (χ3n) is 3.06. The first kappa shape index (κ1) is 15.0. The molecule has 0 radical (unpaired) electrons. The standard InChI is InChI=1S/C14H9ClN2O6/c15-10-8(22-4-3-9(18)19)2-1-6-5-7-12(20)16-14(21)17-13(7)23-11(6)10/h1-2,5H,3-4H2,(H,18,19)(H,16,20,21). The maximum atomic E-state index is 11.7. The minimum absolute atomic E-state index is 0.0588. The SMILES string of the molecule is O=C(O)CCOc1ccc2cc3c(=O)[nH]c(=O)nc-3oc2c1Cl. The normalized spacial score (nSPS) is 11.0. The number of H-pyrrole nitrogens is 1. The van der Waals surface area contributed by atoms with Crippen molar-refractivity contribution in [3.05, 3.63) is 44.1 Å². The molecule has 2 heterocycles. The second kappa shape index (κ2) is 5.73. The van der Waals surface area contributed by atoms with Crippen molar-refractivity contribution >= 4 is 28.5 Å². The van der Waals surface area contributed by atoms with Crippen LogP contribution in [0.4, 0.5) is 0 Å². The van der Waals surface area contributed by atoms with Crippen LogP contribution < -0.4 is 16.0 Å². The molecular formula is C14H9ClN2O6. The van der Waals surface area contributed by atoms with Crippen molar-refractivity contribution in [2.24, 2.45) is 0 Å². The number of fused-ring (bicyclic) bond motifs is 2. The van der Waals surface area contributed by atoms with Crippen LogP contribution in [0.5, 0.6) is 5.75 Å². The first-order chi connectivity index (χ1) is 11.0. The van der Waals surface area contributed by atoms with Gasteiger partial charge in [0.05, 0.1) is 13.0 Å². The van der Waals surface area contributed by atoms with Crippen molar-refractivity contribution < 1.29 is 19.1 Å². The van der Waals surface area contributed by atoms with Crippen molar-refractivity contribution in [2.75, 3.05) is 6.61 Å². The number of aliphatic carboxylic acids is 1. The Morgan fingerprint density at radius 2 is 2.17 bits per heavy atom. The predicted octanol–water partition coefficient (Wildman–Crippen LogP) is 1.49. The van der Waals surface area contributed by atoms with Gasteiger partial charge in [0.25, 0.3) is 5.56 Å². The number of hydrogen-bond acceptors (Lipinski definition) is 6. The Balaban J connectivity index is 2.12. The monoisotopic (exact) mass is 336 g/mol. The smallest absolute Gasteiger partial charge is 0.351 e. The third kappa shape index (κ3) is 2.88. The van der Waals surface area contributed by atoms with Crippen LogP contribution in [0.3, 0.4) is 0 Å². The number of benzene rings is 1. The number of nitrogens with zero attached hydrogens (tertiary/aromatic N) is 1. The van der Waals surface area contributed by atoms with Crippen molar-refractivity contribution in [3.63, 3.8) is 0 Å². The fourth-order valence-corrected chi connectivity index (χ4v) is 2.29. The fourth-order valence-electron chi connectivity index (χ4n) is 2.03. The van der Waals surface area contributed by atoms with E-state index in [1.54, 1.807) is 6.07 Å². The molecule has 0 spiro atoms. The van der Waals surface area contributed by atoms with Gasteiger partial charge in [0.1, 0.15) is 16.3 Å². The summed E-state index contributed by atoms with van der Waals surface area (Å²) in [4.78, 5) is 39.1. The second-order valence-electron chi connectivity index (χ2n) is 4.62. The van der Waals surface area contributed by atoms with E-state index in [0.717, 1.165) is 0 Å². The van der Waals surface area contributed by atoms with E-state index in [2.05, 4.69) is 4.98 Å². The van der Waals surface area contributed by atoms with Gasteiger partial charge in [-0.25, -0.2) is 4.79 Å². The van der Waals surface area contributed by atoms with Gasteiger partial charge in [-0.05, 0) is 18.2 Å². The van der Waals surface area contributed by atoms with Gasteiger partial charge in [-0.15, -0.1) is 0 Å². The lowest BCUT2D eigenvalue weighted by atomic mass is 10.1. The van der Waals surface area contributed by atoms with Gasteiger partial charge >= 0.3 is 11.7 Å². The minimum Gasteiger partial charge on any atom is -0.491 e. The van der Waals surface area contributed by atoms with E-state index < -0.39 is 17.2 Å². The first-order valence-electron chi connectivity index (χ1n) is 6.46. The van der Waals surface area contributed by atoms with E-state index >= 15 is 0 Å². The van der Waals surface area contributed by atoms with Crippen LogP contribution in [-0.4, -0.2) is 27.7 Å².